The Morgan fingerprint density at radius 1 is 1.45 bits per heavy atom. The van der Waals surface area contributed by atoms with Crippen molar-refractivity contribution < 1.29 is 4.79 Å². The summed E-state index contributed by atoms with van der Waals surface area (Å²) in [6.07, 6.45) is 7.73. The van der Waals surface area contributed by atoms with E-state index in [1.54, 1.807) is 6.20 Å². The summed E-state index contributed by atoms with van der Waals surface area (Å²) >= 11 is 0. The Balaban J connectivity index is 2.09. The monoisotopic (exact) mass is 275 g/mol. The minimum atomic E-state index is -0.0113. The molecule has 0 aliphatic heterocycles. The van der Waals surface area contributed by atoms with E-state index in [9.17, 15) is 4.79 Å². The van der Waals surface area contributed by atoms with Crippen LogP contribution in [0.5, 0.6) is 0 Å². The molecule has 2 atom stereocenters. The van der Waals surface area contributed by atoms with E-state index in [0.29, 0.717) is 6.54 Å². The zero-order valence-electron chi connectivity index (χ0n) is 12.5. The average molecular weight is 275 g/mol. The largest absolute Gasteiger partial charge is 0.336 e. The number of nitrogens with two attached hydrogens (primary N) is 1. The zero-order chi connectivity index (χ0) is 14.5. The first kappa shape index (κ1) is 15.0. The van der Waals surface area contributed by atoms with E-state index in [0.717, 1.165) is 31.2 Å². The SMILES string of the molecule is CC(C)N(Cc1cccnc1)C(=O)C1CCCCC1N. The summed E-state index contributed by atoms with van der Waals surface area (Å²) in [5, 5.41) is 0. The number of carbonyl (C=O) groups excluding carboxylic acids is 1. The van der Waals surface area contributed by atoms with Gasteiger partial charge in [0.05, 0.1) is 5.92 Å². The van der Waals surface area contributed by atoms with Gasteiger partial charge in [0.25, 0.3) is 0 Å². The van der Waals surface area contributed by atoms with Crippen LogP contribution in [0.15, 0.2) is 24.5 Å². The highest BCUT2D eigenvalue weighted by atomic mass is 16.2. The number of aromatic nitrogens is 1. The molecule has 0 saturated heterocycles. The Bertz CT molecular complexity index is 433. The first-order valence-corrected chi connectivity index (χ1v) is 7.54. The molecule has 4 nitrogen and oxygen atoms in total. The summed E-state index contributed by atoms with van der Waals surface area (Å²) in [6.45, 7) is 4.73. The molecular weight excluding hydrogens is 250 g/mol. The summed E-state index contributed by atoms with van der Waals surface area (Å²) in [4.78, 5) is 18.8. The third-order valence-corrected chi connectivity index (χ3v) is 4.12. The number of amides is 1. The lowest BCUT2D eigenvalue weighted by molar-refractivity contribution is -0.139. The van der Waals surface area contributed by atoms with Crippen molar-refractivity contribution in [3.8, 4) is 0 Å². The van der Waals surface area contributed by atoms with E-state index in [4.69, 9.17) is 5.73 Å². The van der Waals surface area contributed by atoms with Gasteiger partial charge in [0.2, 0.25) is 5.91 Å². The minimum Gasteiger partial charge on any atom is -0.336 e. The fourth-order valence-electron chi connectivity index (χ4n) is 2.88. The minimum absolute atomic E-state index is 0.0113. The first-order chi connectivity index (χ1) is 9.59. The van der Waals surface area contributed by atoms with Crippen LogP contribution in [0.25, 0.3) is 0 Å². The van der Waals surface area contributed by atoms with Gasteiger partial charge in [-0.2, -0.15) is 0 Å². The Hall–Kier alpha value is -1.42. The van der Waals surface area contributed by atoms with Gasteiger partial charge in [-0.15, -0.1) is 0 Å². The van der Waals surface area contributed by atoms with Gasteiger partial charge in [0.15, 0.2) is 0 Å². The quantitative estimate of drug-likeness (QED) is 0.917. The number of carbonyl (C=O) groups is 1. The Morgan fingerprint density at radius 3 is 2.80 bits per heavy atom. The second-order valence-corrected chi connectivity index (χ2v) is 5.98. The van der Waals surface area contributed by atoms with Crippen molar-refractivity contribution in [2.75, 3.05) is 0 Å². The highest BCUT2D eigenvalue weighted by molar-refractivity contribution is 5.80. The summed E-state index contributed by atoms with van der Waals surface area (Å²) in [5.74, 6) is 0.193. The van der Waals surface area contributed by atoms with Crippen LogP contribution in [0.4, 0.5) is 0 Å². The van der Waals surface area contributed by atoms with Crippen molar-refractivity contribution >= 4 is 5.91 Å². The van der Waals surface area contributed by atoms with E-state index in [-0.39, 0.29) is 23.9 Å². The molecule has 0 radical (unpaired) electrons. The van der Waals surface area contributed by atoms with Crippen LogP contribution in [-0.2, 0) is 11.3 Å². The van der Waals surface area contributed by atoms with Crippen LogP contribution < -0.4 is 5.73 Å². The van der Waals surface area contributed by atoms with E-state index in [1.165, 1.54) is 0 Å². The van der Waals surface area contributed by atoms with Gasteiger partial charge < -0.3 is 10.6 Å². The molecule has 1 saturated carbocycles. The maximum atomic E-state index is 12.8. The lowest BCUT2D eigenvalue weighted by atomic mass is 9.84. The molecule has 1 aromatic rings. The molecule has 110 valence electrons. The first-order valence-electron chi connectivity index (χ1n) is 7.54. The molecule has 2 N–H and O–H groups in total. The van der Waals surface area contributed by atoms with Gasteiger partial charge in [-0.25, -0.2) is 0 Å². The topological polar surface area (TPSA) is 59.2 Å². The summed E-state index contributed by atoms with van der Waals surface area (Å²) in [5.41, 5.74) is 7.22. The van der Waals surface area contributed by atoms with Crippen LogP contribution >= 0.6 is 0 Å². The molecule has 2 rings (SSSR count). The van der Waals surface area contributed by atoms with Crippen LogP contribution in [-0.4, -0.2) is 27.9 Å². The molecule has 1 aromatic heterocycles. The van der Waals surface area contributed by atoms with Crippen molar-refractivity contribution in [3.05, 3.63) is 30.1 Å². The molecule has 1 heterocycles. The number of hydrogen-bond acceptors (Lipinski definition) is 3. The van der Waals surface area contributed by atoms with Gasteiger partial charge in [-0.05, 0) is 38.3 Å². The van der Waals surface area contributed by atoms with Crippen molar-refractivity contribution in [2.45, 2.75) is 58.2 Å². The van der Waals surface area contributed by atoms with Gasteiger partial charge in [0.1, 0.15) is 0 Å². The number of pyridine rings is 1. The smallest absolute Gasteiger partial charge is 0.227 e. The normalized spacial score (nSPS) is 22.8. The predicted octanol–water partition coefficient (Wildman–Crippen LogP) is 2.34. The van der Waals surface area contributed by atoms with Crippen LogP contribution in [0, 0.1) is 5.92 Å². The lowest BCUT2D eigenvalue weighted by Crippen LogP contribution is -2.47. The molecule has 1 fully saturated rings. The van der Waals surface area contributed by atoms with Crippen molar-refractivity contribution in [2.24, 2.45) is 11.7 Å². The lowest BCUT2D eigenvalue weighted by Gasteiger charge is -2.35. The fourth-order valence-corrected chi connectivity index (χ4v) is 2.88. The van der Waals surface area contributed by atoms with Gasteiger partial charge >= 0.3 is 0 Å². The second kappa shape index (κ2) is 6.84. The molecule has 20 heavy (non-hydrogen) atoms. The Kier molecular flexibility index (Phi) is 5.12. The van der Waals surface area contributed by atoms with Crippen molar-refractivity contribution in [1.29, 1.82) is 0 Å². The van der Waals surface area contributed by atoms with Gasteiger partial charge in [-0.3, -0.25) is 9.78 Å². The third kappa shape index (κ3) is 3.57. The number of hydrogen-bond donors (Lipinski definition) is 1. The summed E-state index contributed by atoms with van der Waals surface area (Å²) < 4.78 is 0. The maximum Gasteiger partial charge on any atom is 0.227 e. The third-order valence-electron chi connectivity index (χ3n) is 4.12. The molecule has 0 bridgehead atoms. The summed E-state index contributed by atoms with van der Waals surface area (Å²) in [7, 11) is 0. The van der Waals surface area contributed by atoms with Crippen LogP contribution in [0.2, 0.25) is 0 Å². The standard InChI is InChI=1S/C16H25N3O/c1-12(2)19(11-13-6-5-9-18-10-13)16(20)14-7-3-4-8-15(14)17/h5-6,9-10,12,14-15H,3-4,7-8,11,17H2,1-2H3. The molecule has 4 heteroatoms. The highest BCUT2D eigenvalue weighted by Crippen LogP contribution is 2.26. The van der Waals surface area contributed by atoms with E-state index >= 15 is 0 Å². The van der Waals surface area contributed by atoms with Crippen molar-refractivity contribution in [3.63, 3.8) is 0 Å². The maximum absolute atomic E-state index is 12.8. The average Bonchev–Trinajstić information content (AvgIpc) is 2.45. The van der Waals surface area contributed by atoms with Gasteiger partial charge in [-0.1, -0.05) is 18.9 Å². The highest BCUT2D eigenvalue weighted by Gasteiger charge is 2.32. The fraction of sp³-hybridized carbons (Fsp3) is 0.625. The number of rotatable bonds is 4. The molecule has 1 aliphatic carbocycles. The molecule has 0 aromatic carbocycles. The molecule has 1 amide bonds. The number of nitrogens with zero attached hydrogens (tertiary/aromatic N) is 2. The molecular formula is C16H25N3O. The predicted molar refractivity (Wildman–Crippen MR) is 79.9 cm³/mol. The molecule has 0 spiro atoms. The van der Waals surface area contributed by atoms with Gasteiger partial charge in [0, 0.05) is 31.0 Å². The zero-order valence-corrected chi connectivity index (χ0v) is 12.5. The van der Waals surface area contributed by atoms with Crippen LogP contribution in [0.1, 0.15) is 45.1 Å². The molecule has 1 aliphatic rings. The second-order valence-electron chi connectivity index (χ2n) is 5.98. The molecule has 2 unspecified atom stereocenters. The van der Waals surface area contributed by atoms with E-state index in [2.05, 4.69) is 18.8 Å². The van der Waals surface area contributed by atoms with E-state index in [1.807, 2.05) is 23.2 Å². The van der Waals surface area contributed by atoms with Crippen LogP contribution in [0.3, 0.4) is 0 Å². The van der Waals surface area contributed by atoms with Crippen molar-refractivity contribution in [1.82, 2.24) is 9.88 Å². The summed E-state index contributed by atoms with van der Waals surface area (Å²) in [6, 6.07) is 4.12. The Morgan fingerprint density at radius 2 is 2.20 bits per heavy atom. The Labute approximate surface area is 121 Å². The van der Waals surface area contributed by atoms with E-state index < -0.39 is 0 Å².